The largest absolute Gasteiger partial charge is 0.490 e. The van der Waals surface area contributed by atoms with E-state index in [9.17, 15) is 10.1 Å². The molecule has 0 saturated heterocycles. The van der Waals surface area contributed by atoms with Gasteiger partial charge >= 0.3 is 0 Å². The number of ether oxygens (including phenoxy) is 2. The van der Waals surface area contributed by atoms with Gasteiger partial charge in [-0.05, 0) is 36.8 Å². The molecule has 7 heteroatoms. The van der Waals surface area contributed by atoms with E-state index in [-0.39, 0.29) is 5.69 Å². The highest BCUT2D eigenvalue weighted by Gasteiger charge is 2.12. The summed E-state index contributed by atoms with van der Waals surface area (Å²) in [5, 5.41) is 14.3. The van der Waals surface area contributed by atoms with Crippen LogP contribution in [0.5, 0.6) is 11.5 Å². The number of halogens is 1. The molecule has 2 rings (SSSR count). The Labute approximate surface area is 151 Å². The summed E-state index contributed by atoms with van der Waals surface area (Å²) in [6.07, 6.45) is 1.64. The molecule has 0 spiro atoms. The van der Waals surface area contributed by atoms with Crippen molar-refractivity contribution in [3.05, 3.63) is 69.8 Å². The second kappa shape index (κ2) is 8.94. The molecule has 0 bridgehead atoms. The van der Waals surface area contributed by atoms with Crippen LogP contribution >= 0.6 is 11.6 Å². The van der Waals surface area contributed by atoms with Crippen LogP contribution in [-0.2, 0) is 6.54 Å². The van der Waals surface area contributed by atoms with Crippen LogP contribution in [-0.4, -0.2) is 18.1 Å². The van der Waals surface area contributed by atoms with Crippen LogP contribution in [0.15, 0.2) is 49.1 Å². The third kappa shape index (κ3) is 5.12. The minimum Gasteiger partial charge on any atom is -0.490 e. The van der Waals surface area contributed by atoms with Crippen LogP contribution in [0.3, 0.4) is 0 Å². The van der Waals surface area contributed by atoms with Crippen LogP contribution in [0.4, 0.5) is 11.4 Å². The van der Waals surface area contributed by atoms with Gasteiger partial charge in [0, 0.05) is 24.4 Å². The molecule has 0 radical (unpaired) electrons. The number of nitro groups is 1. The van der Waals surface area contributed by atoms with Gasteiger partial charge in [0.1, 0.15) is 6.61 Å². The standard InChI is InChI=1S/C18H19ClN2O4/c1-3-9-25-18-16(19)10-13(11-17(18)24-4-2)12-20-14-5-7-15(8-6-14)21(22)23/h3,5-8,10-11,20H,1,4,9,12H2,2H3. The SMILES string of the molecule is C=CCOc1c(Cl)cc(CNc2ccc([N+](=O)[O-])cc2)cc1OCC. The van der Waals surface area contributed by atoms with Crippen molar-refractivity contribution in [2.75, 3.05) is 18.5 Å². The van der Waals surface area contributed by atoms with Crippen molar-refractivity contribution < 1.29 is 14.4 Å². The lowest BCUT2D eigenvalue weighted by molar-refractivity contribution is -0.384. The average Bonchev–Trinajstić information content (AvgIpc) is 2.60. The van der Waals surface area contributed by atoms with E-state index >= 15 is 0 Å². The maximum absolute atomic E-state index is 10.7. The van der Waals surface area contributed by atoms with Crippen molar-refractivity contribution in [3.8, 4) is 11.5 Å². The quantitative estimate of drug-likeness (QED) is 0.393. The normalized spacial score (nSPS) is 10.2. The molecule has 0 fully saturated rings. The van der Waals surface area contributed by atoms with Crippen molar-refractivity contribution in [3.63, 3.8) is 0 Å². The molecule has 1 N–H and O–H groups in total. The molecule has 0 aliphatic carbocycles. The first-order chi connectivity index (χ1) is 12.0. The van der Waals surface area contributed by atoms with Crippen LogP contribution in [0.1, 0.15) is 12.5 Å². The Morgan fingerprint density at radius 3 is 2.60 bits per heavy atom. The minimum atomic E-state index is -0.431. The Morgan fingerprint density at radius 1 is 1.28 bits per heavy atom. The summed E-state index contributed by atoms with van der Waals surface area (Å²) < 4.78 is 11.2. The van der Waals surface area contributed by atoms with E-state index < -0.39 is 4.92 Å². The van der Waals surface area contributed by atoms with E-state index in [1.165, 1.54) is 12.1 Å². The fraction of sp³-hybridized carbons (Fsp3) is 0.222. The Bertz CT molecular complexity index is 747. The van der Waals surface area contributed by atoms with Crippen molar-refractivity contribution >= 4 is 23.0 Å². The first kappa shape index (κ1) is 18.6. The lowest BCUT2D eigenvalue weighted by Crippen LogP contribution is -2.03. The van der Waals surface area contributed by atoms with E-state index in [1.807, 2.05) is 13.0 Å². The highest BCUT2D eigenvalue weighted by atomic mass is 35.5. The van der Waals surface area contributed by atoms with Gasteiger partial charge in [-0.2, -0.15) is 0 Å². The molecule has 132 valence electrons. The summed E-state index contributed by atoms with van der Waals surface area (Å²) in [6.45, 7) is 6.80. The zero-order valence-corrected chi connectivity index (χ0v) is 14.6. The van der Waals surface area contributed by atoms with Crippen molar-refractivity contribution in [2.45, 2.75) is 13.5 Å². The van der Waals surface area contributed by atoms with Gasteiger partial charge in [-0.25, -0.2) is 0 Å². The number of nitrogens with zero attached hydrogens (tertiary/aromatic N) is 1. The van der Waals surface area contributed by atoms with E-state index in [1.54, 1.807) is 24.3 Å². The number of non-ortho nitro benzene ring substituents is 1. The molecule has 2 aromatic carbocycles. The molecule has 0 aromatic heterocycles. The second-order valence-electron chi connectivity index (χ2n) is 5.10. The smallest absolute Gasteiger partial charge is 0.269 e. The summed E-state index contributed by atoms with van der Waals surface area (Å²) >= 11 is 6.30. The Kier molecular flexibility index (Phi) is 6.65. The molecule has 0 unspecified atom stereocenters. The van der Waals surface area contributed by atoms with E-state index in [2.05, 4.69) is 11.9 Å². The number of nitrogens with one attached hydrogen (secondary N) is 1. The van der Waals surface area contributed by atoms with E-state index in [4.69, 9.17) is 21.1 Å². The summed E-state index contributed by atoms with van der Waals surface area (Å²) in [5.74, 6) is 1.06. The maximum Gasteiger partial charge on any atom is 0.269 e. The van der Waals surface area contributed by atoms with E-state index in [0.29, 0.717) is 36.3 Å². The topological polar surface area (TPSA) is 73.6 Å². The first-order valence-corrected chi connectivity index (χ1v) is 8.10. The second-order valence-corrected chi connectivity index (χ2v) is 5.50. The summed E-state index contributed by atoms with van der Waals surface area (Å²) in [4.78, 5) is 10.2. The van der Waals surface area contributed by atoms with E-state index in [0.717, 1.165) is 11.3 Å². The molecular formula is C18H19ClN2O4. The molecule has 0 amide bonds. The summed E-state index contributed by atoms with van der Waals surface area (Å²) in [5.41, 5.74) is 1.72. The molecule has 0 aliphatic rings. The minimum absolute atomic E-state index is 0.0518. The molecule has 0 saturated carbocycles. The fourth-order valence-corrected chi connectivity index (χ4v) is 2.46. The monoisotopic (exact) mass is 362 g/mol. The molecule has 0 atom stereocenters. The number of hydrogen-bond acceptors (Lipinski definition) is 5. The predicted octanol–water partition coefficient (Wildman–Crippen LogP) is 4.82. The van der Waals surface area contributed by atoms with Gasteiger partial charge < -0.3 is 14.8 Å². The van der Waals surface area contributed by atoms with Gasteiger partial charge in [0.15, 0.2) is 11.5 Å². The Balaban J connectivity index is 2.13. The fourth-order valence-electron chi connectivity index (χ4n) is 2.17. The Hall–Kier alpha value is -2.73. The van der Waals surface area contributed by atoms with Gasteiger partial charge in [-0.3, -0.25) is 10.1 Å². The van der Waals surface area contributed by atoms with Crippen LogP contribution in [0.25, 0.3) is 0 Å². The number of rotatable bonds is 9. The lowest BCUT2D eigenvalue weighted by Gasteiger charge is -2.15. The maximum atomic E-state index is 10.7. The third-order valence-electron chi connectivity index (χ3n) is 3.29. The predicted molar refractivity (Wildman–Crippen MR) is 98.7 cm³/mol. The number of nitro benzene ring substituents is 1. The number of hydrogen-bond donors (Lipinski definition) is 1. The first-order valence-electron chi connectivity index (χ1n) is 7.72. The van der Waals surface area contributed by atoms with Gasteiger partial charge in [0.2, 0.25) is 0 Å². The molecule has 25 heavy (non-hydrogen) atoms. The average molecular weight is 363 g/mol. The van der Waals surface area contributed by atoms with Crippen LogP contribution in [0.2, 0.25) is 5.02 Å². The Morgan fingerprint density at radius 2 is 2.00 bits per heavy atom. The molecule has 6 nitrogen and oxygen atoms in total. The number of anilines is 1. The van der Waals surface area contributed by atoms with Gasteiger partial charge in [-0.15, -0.1) is 0 Å². The molecule has 2 aromatic rings. The molecule has 0 heterocycles. The van der Waals surface area contributed by atoms with Gasteiger partial charge in [0.05, 0.1) is 16.6 Å². The number of benzene rings is 2. The highest BCUT2D eigenvalue weighted by molar-refractivity contribution is 6.32. The van der Waals surface area contributed by atoms with Crippen molar-refractivity contribution in [1.29, 1.82) is 0 Å². The zero-order valence-electron chi connectivity index (χ0n) is 13.8. The highest BCUT2D eigenvalue weighted by Crippen LogP contribution is 2.37. The summed E-state index contributed by atoms with van der Waals surface area (Å²) in [7, 11) is 0. The van der Waals surface area contributed by atoms with Gasteiger partial charge in [0.25, 0.3) is 5.69 Å². The lowest BCUT2D eigenvalue weighted by atomic mass is 10.2. The van der Waals surface area contributed by atoms with Crippen molar-refractivity contribution in [1.82, 2.24) is 0 Å². The van der Waals surface area contributed by atoms with Crippen LogP contribution < -0.4 is 14.8 Å². The molecule has 0 aliphatic heterocycles. The summed E-state index contributed by atoms with van der Waals surface area (Å²) in [6, 6.07) is 9.86. The van der Waals surface area contributed by atoms with Gasteiger partial charge in [-0.1, -0.05) is 24.3 Å². The molecular weight excluding hydrogens is 344 g/mol. The third-order valence-corrected chi connectivity index (χ3v) is 3.57. The zero-order chi connectivity index (χ0) is 18.2. The van der Waals surface area contributed by atoms with Crippen LogP contribution in [0, 0.1) is 10.1 Å². The van der Waals surface area contributed by atoms with Crippen molar-refractivity contribution in [2.24, 2.45) is 0 Å².